The molecule has 0 bridgehead atoms. The van der Waals surface area contributed by atoms with Crippen molar-refractivity contribution >= 4 is 35.0 Å². The first-order chi connectivity index (χ1) is 11.1. The van der Waals surface area contributed by atoms with E-state index in [9.17, 15) is 0 Å². The van der Waals surface area contributed by atoms with E-state index in [2.05, 4.69) is 15.0 Å². The Hall–Kier alpha value is -1.53. The van der Waals surface area contributed by atoms with Gasteiger partial charge in [-0.3, -0.25) is 0 Å². The molecule has 2 aromatic heterocycles. The van der Waals surface area contributed by atoms with Crippen LogP contribution in [0.25, 0.3) is 0 Å². The van der Waals surface area contributed by atoms with Crippen molar-refractivity contribution in [2.75, 3.05) is 11.5 Å². The third-order valence-corrected chi connectivity index (χ3v) is 5.70. The van der Waals surface area contributed by atoms with Crippen LogP contribution in [0.1, 0.15) is 37.8 Å². The van der Waals surface area contributed by atoms with Crippen LogP contribution in [0.2, 0.25) is 5.02 Å². The largest absolute Gasteiger partial charge is 0.382 e. The van der Waals surface area contributed by atoms with Crippen LogP contribution in [0, 0.1) is 5.92 Å². The second-order valence-corrected chi connectivity index (χ2v) is 7.28. The molecule has 0 radical (unpaired) electrons. The van der Waals surface area contributed by atoms with Gasteiger partial charge in [-0.15, -0.1) is 0 Å². The second kappa shape index (κ2) is 7.36. The third-order valence-electron chi connectivity index (χ3n) is 4.12. The second-order valence-electron chi connectivity index (χ2n) is 5.87. The summed E-state index contributed by atoms with van der Waals surface area (Å²) in [5.74, 6) is 1.46. The van der Waals surface area contributed by atoms with E-state index in [4.69, 9.17) is 23.1 Å². The lowest BCUT2D eigenvalue weighted by molar-refractivity contribution is 0.354. The van der Waals surface area contributed by atoms with E-state index in [1.54, 1.807) is 12.3 Å². The molecule has 0 saturated heterocycles. The number of nitrogens with zero attached hydrogens (tertiary/aromatic N) is 3. The van der Waals surface area contributed by atoms with Crippen molar-refractivity contribution < 1.29 is 0 Å². The molecule has 5 nitrogen and oxygen atoms in total. The first-order valence-corrected chi connectivity index (χ1v) is 9.02. The lowest BCUT2D eigenvalue weighted by atomic mass is 9.86. The van der Waals surface area contributed by atoms with Crippen molar-refractivity contribution in [2.24, 2.45) is 5.92 Å². The molecule has 2 aromatic rings. The van der Waals surface area contributed by atoms with Gasteiger partial charge in [0.25, 0.3) is 0 Å². The summed E-state index contributed by atoms with van der Waals surface area (Å²) >= 11 is 7.52. The zero-order valence-electron chi connectivity index (χ0n) is 12.8. The number of rotatable bonds is 4. The van der Waals surface area contributed by atoms with Crippen LogP contribution in [0.4, 0.5) is 11.6 Å². The minimum absolute atomic E-state index is 0.303. The summed E-state index contributed by atoms with van der Waals surface area (Å²) in [6, 6.07) is 1.79. The predicted octanol–water partition coefficient (Wildman–Crippen LogP) is 3.96. The van der Waals surface area contributed by atoms with Crippen LogP contribution < -0.4 is 11.5 Å². The maximum absolute atomic E-state index is 6.16. The molecular formula is C16H20ClN5S. The summed E-state index contributed by atoms with van der Waals surface area (Å²) < 4.78 is 0. The van der Waals surface area contributed by atoms with E-state index >= 15 is 0 Å². The standard InChI is InChI=1S/C16H20ClN5S/c17-13-12(6-7-20-14(13)18)23-16-15(19)22-11(9-21-16)8-10-4-2-1-3-5-10/h6-7,9-10H,1-5,8H2,(H2,18,20)(H2,19,22). The number of nitrogen functional groups attached to an aromatic ring is 2. The zero-order valence-corrected chi connectivity index (χ0v) is 14.4. The van der Waals surface area contributed by atoms with Gasteiger partial charge in [0, 0.05) is 17.3 Å². The minimum Gasteiger partial charge on any atom is -0.382 e. The normalized spacial score (nSPS) is 15.7. The Morgan fingerprint density at radius 2 is 1.91 bits per heavy atom. The fourth-order valence-electron chi connectivity index (χ4n) is 2.92. The molecule has 23 heavy (non-hydrogen) atoms. The van der Waals surface area contributed by atoms with Gasteiger partial charge in [-0.1, -0.05) is 55.5 Å². The summed E-state index contributed by atoms with van der Waals surface area (Å²) in [6.07, 6.45) is 11.0. The molecule has 1 aliphatic rings. The molecule has 2 heterocycles. The van der Waals surface area contributed by atoms with Gasteiger partial charge in [0.2, 0.25) is 0 Å². The van der Waals surface area contributed by atoms with E-state index in [0.717, 1.165) is 17.0 Å². The molecule has 0 spiro atoms. The highest BCUT2D eigenvalue weighted by Gasteiger charge is 2.16. The van der Waals surface area contributed by atoms with Crippen molar-refractivity contribution in [3.05, 3.63) is 29.2 Å². The van der Waals surface area contributed by atoms with Gasteiger partial charge in [-0.05, 0) is 18.4 Å². The summed E-state index contributed by atoms with van der Waals surface area (Å²) in [4.78, 5) is 13.7. The maximum Gasteiger partial charge on any atom is 0.156 e. The van der Waals surface area contributed by atoms with E-state index in [-0.39, 0.29) is 0 Å². The highest BCUT2D eigenvalue weighted by Crippen LogP contribution is 2.36. The molecule has 122 valence electrons. The molecule has 0 aromatic carbocycles. The summed E-state index contributed by atoms with van der Waals surface area (Å²) in [7, 11) is 0. The highest BCUT2D eigenvalue weighted by atomic mass is 35.5. The molecular weight excluding hydrogens is 330 g/mol. The van der Waals surface area contributed by atoms with Crippen LogP contribution in [-0.2, 0) is 6.42 Å². The van der Waals surface area contributed by atoms with E-state index in [0.29, 0.717) is 27.6 Å². The maximum atomic E-state index is 6.16. The van der Waals surface area contributed by atoms with Gasteiger partial charge < -0.3 is 11.5 Å². The molecule has 4 N–H and O–H groups in total. The summed E-state index contributed by atoms with van der Waals surface area (Å²) in [6.45, 7) is 0. The molecule has 0 amide bonds. The van der Waals surface area contributed by atoms with Gasteiger partial charge in [0.05, 0.1) is 10.7 Å². The Balaban J connectivity index is 1.72. The summed E-state index contributed by atoms with van der Waals surface area (Å²) in [5, 5.41) is 1.06. The van der Waals surface area contributed by atoms with E-state index < -0.39 is 0 Å². The van der Waals surface area contributed by atoms with Gasteiger partial charge in [-0.2, -0.15) is 0 Å². The number of halogens is 1. The first-order valence-electron chi connectivity index (χ1n) is 7.82. The molecule has 1 saturated carbocycles. The Bertz CT molecular complexity index is 688. The molecule has 1 fully saturated rings. The van der Waals surface area contributed by atoms with Gasteiger partial charge in [0.15, 0.2) is 5.82 Å². The number of pyridine rings is 1. The number of anilines is 2. The topological polar surface area (TPSA) is 90.7 Å². The first kappa shape index (κ1) is 16.3. The van der Waals surface area contributed by atoms with E-state index in [1.807, 2.05) is 6.20 Å². The van der Waals surface area contributed by atoms with Crippen LogP contribution >= 0.6 is 23.4 Å². The van der Waals surface area contributed by atoms with Crippen molar-refractivity contribution in [3.63, 3.8) is 0 Å². The average molecular weight is 350 g/mol. The number of aromatic nitrogens is 3. The van der Waals surface area contributed by atoms with Gasteiger partial charge >= 0.3 is 0 Å². The lowest BCUT2D eigenvalue weighted by Crippen LogP contribution is -2.11. The third kappa shape index (κ3) is 4.06. The van der Waals surface area contributed by atoms with Crippen molar-refractivity contribution in [3.8, 4) is 0 Å². The molecule has 7 heteroatoms. The molecule has 3 rings (SSSR count). The SMILES string of the molecule is Nc1nc(CC2CCCCC2)cnc1Sc1ccnc(N)c1Cl. The van der Waals surface area contributed by atoms with Crippen LogP contribution in [-0.4, -0.2) is 15.0 Å². The predicted molar refractivity (Wildman–Crippen MR) is 94.5 cm³/mol. The Labute approximate surface area is 145 Å². The van der Waals surface area contributed by atoms with E-state index in [1.165, 1.54) is 43.9 Å². The average Bonchev–Trinajstić information content (AvgIpc) is 2.55. The minimum atomic E-state index is 0.303. The number of hydrogen-bond donors (Lipinski definition) is 2. The van der Waals surface area contributed by atoms with Crippen LogP contribution in [0.15, 0.2) is 28.4 Å². The molecule has 0 aliphatic heterocycles. The van der Waals surface area contributed by atoms with Crippen molar-refractivity contribution in [1.82, 2.24) is 15.0 Å². The fraction of sp³-hybridized carbons (Fsp3) is 0.438. The Morgan fingerprint density at radius 1 is 1.13 bits per heavy atom. The van der Waals surface area contributed by atoms with Gasteiger partial charge in [0.1, 0.15) is 10.8 Å². The number of hydrogen-bond acceptors (Lipinski definition) is 6. The monoisotopic (exact) mass is 349 g/mol. The Kier molecular flexibility index (Phi) is 5.23. The van der Waals surface area contributed by atoms with Gasteiger partial charge in [-0.25, -0.2) is 15.0 Å². The van der Waals surface area contributed by atoms with Crippen molar-refractivity contribution in [1.29, 1.82) is 0 Å². The number of nitrogens with two attached hydrogens (primary N) is 2. The lowest BCUT2D eigenvalue weighted by Gasteiger charge is -2.21. The smallest absolute Gasteiger partial charge is 0.156 e. The van der Waals surface area contributed by atoms with Crippen LogP contribution in [0.3, 0.4) is 0 Å². The quantitative estimate of drug-likeness (QED) is 0.868. The Morgan fingerprint density at radius 3 is 2.65 bits per heavy atom. The molecule has 0 atom stereocenters. The molecule has 1 aliphatic carbocycles. The van der Waals surface area contributed by atoms with Crippen LogP contribution in [0.5, 0.6) is 0 Å². The fourth-order valence-corrected chi connectivity index (χ4v) is 3.93. The van der Waals surface area contributed by atoms with Crippen molar-refractivity contribution in [2.45, 2.75) is 48.4 Å². The summed E-state index contributed by atoms with van der Waals surface area (Å²) in [5.41, 5.74) is 12.8. The highest BCUT2D eigenvalue weighted by molar-refractivity contribution is 7.99. The zero-order chi connectivity index (χ0) is 16.2. The molecule has 0 unspecified atom stereocenters.